The second-order valence-corrected chi connectivity index (χ2v) is 12.0. The van der Waals surface area contributed by atoms with Crippen molar-refractivity contribution in [3.8, 4) is 0 Å². The quantitative estimate of drug-likeness (QED) is 0.420. The summed E-state index contributed by atoms with van der Waals surface area (Å²) < 4.78 is 0. The van der Waals surface area contributed by atoms with Crippen LogP contribution in [0.2, 0.25) is 10.0 Å². The largest absolute Gasteiger partial charge is 0.347 e. The number of rotatable bonds is 9. The van der Waals surface area contributed by atoms with E-state index in [1.807, 2.05) is 45.4 Å². The summed E-state index contributed by atoms with van der Waals surface area (Å²) >= 11 is 12.6. The molecule has 39 heavy (non-hydrogen) atoms. The number of halogens is 2. The van der Waals surface area contributed by atoms with E-state index in [-0.39, 0.29) is 17.7 Å². The second kappa shape index (κ2) is 13.4. The summed E-state index contributed by atoms with van der Waals surface area (Å²) in [7, 11) is 5.58. The third-order valence-corrected chi connectivity index (χ3v) is 9.12. The first-order valence-electron chi connectivity index (χ1n) is 14.0. The summed E-state index contributed by atoms with van der Waals surface area (Å²) in [5.41, 5.74) is 1.11. The number of likely N-dealkylation sites (N-methyl/N-ethyl adjacent to an activating group) is 2. The van der Waals surface area contributed by atoms with Gasteiger partial charge in [-0.3, -0.25) is 19.5 Å². The molecule has 2 aromatic rings. The van der Waals surface area contributed by atoms with Crippen LogP contribution in [0.5, 0.6) is 0 Å². The van der Waals surface area contributed by atoms with Crippen molar-refractivity contribution in [3.63, 3.8) is 0 Å². The minimum absolute atomic E-state index is 0.0783. The number of pyridine rings is 1. The van der Waals surface area contributed by atoms with Gasteiger partial charge in [-0.15, -0.1) is 0 Å². The number of amides is 2. The van der Waals surface area contributed by atoms with Gasteiger partial charge in [-0.1, -0.05) is 41.8 Å². The number of hydrogen-bond acceptors (Lipinski definition) is 5. The maximum absolute atomic E-state index is 13.4. The molecule has 212 valence electrons. The van der Waals surface area contributed by atoms with E-state index in [0.29, 0.717) is 22.3 Å². The van der Waals surface area contributed by atoms with Crippen molar-refractivity contribution in [2.75, 3.05) is 60.4 Å². The van der Waals surface area contributed by atoms with Crippen molar-refractivity contribution >= 4 is 35.0 Å². The van der Waals surface area contributed by atoms with Crippen LogP contribution in [-0.2, 0) is 4.79 Å². The molecular formula is C30H41Cl2N5O2. The van der Waals surface area contributed by atoms with Crippen LogP contribution in [-0.4, -0.2) is 102 Å². The van der Waals surface area contributed by atoms with E-state index in [4.69, 9.17) is 23.2 Å². The Morgan fingerprint density at radius 2 is 1.69 bits per heavy atom. The van der Waals surface area contributed by atoms with Crippen molar-refractivity contribution < 1.29 is 9.59 Å². The number of nitrogens with zero attached hydrogens (tertiary/aromatic N) is 5. The lowest BCUT2D eigenvalue weighted by Gasteiger charge is -2.50. The molecule has 1 unspecified atom stereocenters. The van der Waals surface area contributed by atoms with Gasteiger partial charge in [0.05, 0.1) is 10.0 Å². The van der Waals surface area contributed by atoms with Crippen molar-refractivity contribution in [1.82, 2.24) is 24.6 Å². The van der Waals surface area contributed by atoms with Crippen LogP contribution in [0, 0.1) is 0 Å². The van der Waals surface area contributed by atoms with Gasteiger partial charge in [-0.2, -0.15) is 0 Å². The molecule has 4 rings (SSSR count). The van der Waals surface area contributed by atoms with Crippen molar-refractivity contribution in [3.05, 3.63) is 63.9 Å². The van der Waals surface area contributed by atoms with E-state index >= 15 is 0 Å². The van der Waals surface area contributed by atoms with Crippen molar-refractivity contribution in [1.29, 1.82) is 0 Å². The van der Waals surface area contributed by atoms with Gasteiger partial charge in [0.1, 0.15) is 11.2 Å². The van der Waals surface area contributed by atoms with E-state index < -0.39 is 5.54 Å². The van der Waals surface area contributed by atoms with Crippen LogP contribution in [0.4, 0.5) is 0 Å². The molecule has 2 amide bonds. The van der Waals surface area contributed by atoms with Crippen LogP contribution in [0.3, 0.4) is 0 Å². The van der Waals surface area contributed by atoms with E-state index in [9.17, 15) is 9.59 Å². The zero-order valence-corrected chi connectivity index (χ0v) is 24.9. The number of benzene rings is 1. The maximum atomic E-state index is 13.4. The molecule has 0 aliphatic carbocycles. The Balaban J connectivity index is 1.44. The Hall–Kier alpha value is -2.19. The number of carbonyl (C=O) groups excluding carboxylic acids is 2. The zero-order chi connectivity index (χ0) is 28.0. The molecule has 3 heterocycles. The fourth-order valence-corrected chi connectivity index (χ4v) is 6.42. The molecule has 0 bridgehead atoms. The summed E-state index contributed by atoms with van der Waals surface area (Å²) in [4.78, 5) is 39.2. The fourth-order valence-electron chi connectivity index (χ4n) is 6.12. The minimum Gasteiger partial charge on any atom is -0.347 e. The van der Waals surface area contributed by atoms with Crippen molar-refractivity contribution in [2.24, 2.45) is 0 Å². The molecule has 0 radical (unpaired) electrons. The maximum Gasteiger partial charge on any atom is 0.272 e. The predicted octanol–water partition coefficient (Wildman–Crippen LogP) is 5.04. The Bertz CT molecular complexity index is 1120. The molecule has 1 atom stereocenters. The molecule has 2 aliphatic rings. The molecular weight excluding hydrogens is 533 g/mol. The third-order valence-electron chi connectivity index (χ3n) is 8.38. The Kier molecular flexibility index (Phi) is 10.3. The molecule has 9 heteroatoms. The first-order valence-corrected chi connectivity index (χ1v) is 14.8. The first-order chi connectivity index (χ1) is 18.7. The number of carbonyl (C=O) groups is 2. The summed E-state index contributed by atoms with van der Waals surface area (Å²) in [6, 6.07) is 11.1. The van der Waals surface area contributed by atoms with Gasteiger partial charge in [0.2, 0.25) is 5.91 Å². The van der Waals surface area contributed by atoms with E-state index in [0.717, 1.165) is 57.5 Å². The highest BCUT2D eigenvalue weighted by atomic mass is 35.5. The van der Waals surface area contributed by atoms with Crippen LogP contribution < -0.4 is 0 Å². The molecule has 2 aliphatic heterocycles. The van der Waals surface area contributed by atoms with Gasteiger partial charge in [0.25, 0.3) is 5.91 Å². The summed E-state index contributed by atoms with van der Waals surface area (Å²) in [6.45, 7) is 5.20. The van der Waals surface area contributed by atoms with Gasteiger partial charge in [0, 0.05) is 52.9 Å². The lowest BCUT2D eigenvalue weighted by molar-refractivity contribution is -0.147. The highest BCUT2D eigenvalue weighted by molar-refractivity contribution is 6.42. The molecule has 0 spiro atoms. The standard InChI is InChI=1S/C30H41Cl2N5O2/c1-34(2)29(39)30(37-16-7-4-8-17-37)13-19-36(20-14-30)18-12-24(23-10-11-25(31)26(32)21-23)22-35(3)28(38)27-9-5-6-15-33-27/h5-6,9-11,15,21,24H,4,7-8,12-14,16-20,22H2,1-3H3. The third kappa shape index (κ3) is 7.12. The normalized spacial score (nSPS) is 18.9. The highest BCUT2D eigenvalue weighted by Crippen LogP contribution is 2.34. The van der Waals surface area contributed by atoms with Gasteiger partial charge in [-0.05, 0) is 81.6 Å². The van der Waals surface area contributed by atoms with Crippen LogP contribution in [0.1, 0.15) is 60.5 Å². The van der Waals surface area contributed by atoms with Crippen molar-refractivity contribution in [2.45, 2.75) is 50.0 Å². The zero-order valence-electron chi connectivity index (χ0n) is 23.4. The molecule has 2 saturated heterocycles. The highest BCUT2D eigenvalue weighted by Gasteiger charge is 2.47. The molecule has 1 aromatic carbocycles. The smallest absolute Gasteiger partial charge is 0.272 e. The number of piperidine rings is 2. The average Bonchev–Trinajstić information content (AvgIpc) is 2.97. The van der Waals surface area contributed by atoms with E-state index in [1.54, 1.807) is 28.1 Å². The minimum atomic E-state index is -0.390. The number of likely N-dealkylation sites (tertiary alicyclic amines) is 2. The molecule has 1 aromatic heterocycles. The predicted molar refractivity (Wildman–Crippen MR) is 158 cm³/mol. The van der Waals surface area contributed by atoms with Crippen LogP contribution in [0.25, 0.3) is 0 Å². The van der Waals surface area contributed by atoms with Gasteiger partial charge >= 0.3 is 0 Å². The number of aromatic nitrogens is 1. The van der Waals surface area contributed by atoms with Gasteiger partial charge in [0.15, 0.2) is 0 Å². The summed E-state index contributed by atoms with van der Waals surface area (Å²) in [6.07, 6.45) is 7.78. The summed E-state index contributed by atoms with van der Waals surface area (Å²) in [5.74, 6) is 0.217. The molecule has 0 N–H and O–H groups in total. The van der Waals surface area contributed by atoms with E-state index in [2.05, 4.69) is 14.8 Å². The Morgan fingerprint density at radius 1 is 0.974 bits per heavy atom. The average molecular weight is 575 g/mol. The fraction of sp³-hybridized carbons (Fsp3) is 0.567. The second-order valence-electron chi connectivity index (χ2n) is 11.2. The SMILES string of the molecule is CN(C)C(=O)C1(N2CCCCC2)CCN(CCC(CN(C)C(=O)c2ccccn2)c2ccc(Cl)c(Cl)c2)CC1. The van der Waals surface area contributed by atoms with Crippen LogP contribution in [0.15, 0.2) is 42.6 Å². The lowest BCUT2D eigenvalue weighted by Crippen LogP contribution is -2.64. The Labute approximate surface area is 243 Å². The van der Waals surface area contributed by atoms with E-state index in [1.165, 1.54) is 19.3 Å². The number of hydrogen-bond donors (Lipinski definition) is 0. The van der Waals surface area contributed by atoms with Crippen LogP contribution >= 0.6 is 23.2 Å². The monoisotopic (exact) mass is 573 g/mol. The van der Waals surface area contributed by atoms with Gasteiger partial charge < -0.3 is 14.7 Å². The lowest BCUT2D eigenvalue weighted by atomic mass is 9.82. The summed E-state index contributed by atoms with van der Waals surface area (Å²) in [5, 5.41) is 1.04. The molecule has 2 fully saturated rings. The first kappa shape index (κ1) is 29.8. The van der Waals surface area contributed by atoms with Gasteiger partial charge in [-0.25, -0.2) is 0 Å². The Morgan fingerprint density at radius 3 is 2.31 bits per heavy atom. The molecule has 7 nitrogen and oxygen atoms in total. The topological polar surface area (TPSA) is 60.0 Å². The molecule has 0 saturated carbocycles.